The largest absolute Gasteiger partial charge is 0.368 e. The van der Waals surface area contributed by atoms with E-state index in [1.54, 1.807) is 18.2 Å². The Bertz CT molecular complexity index is 999. The topological polar surface area (TPSA) is 94.6 Å². The minimum Gasteiger partial charge on any atom is -0.368 e. The van der Waals surface area contributed by atoms with E-state index in [2.05, 4.69) is 17.2 Å². The highest BCUT2D eigenvalue weighted by Gasteiger charge is 2.16. The first-order valence-electron chi connectivity index (χ1n) is 8.31. The number of carbonyl (C=O) groups excluding carboxylic acids is 1. The quantitative estimate of drug-likeness (QED) is 0.685. The van der Waals surface area contributed by atoms with Crippen molar-refractivity contribution >= 4 is 28.4 Å². The van der Waals surface area contributed by atoms with Crippen LogP contribution in [0, 0.1) is 0 Å². The van der Waals surface area contributed by atoms with Crippen LogP contribution in [0.15, 0.2) is 53.3 Å². The number of fused-ring (bicyclic) bond motifs is 1. The van der Waals surface area contributed by atoms with Crippen LogP contribution in [-0.2, 0) is 17.9 Å². The van der Waals surface area contributed by atoms with Crippen LogP contribution in [0.2, 0.25) is 5.02 Å². The Kier molecular flexibility index (Phi) is 5.35. The Hall–Kier alpha value is -2.70. The fourth-order valence-corrected chi connectivity index (χ4v) is 3.00. The molecule has 26 heavy (non-hydrogen) atoms. The molecule has 0 saturated heterocycles. The number of amides is 1. The molecular weight excluding hydrogens is 352 g/mol. The number of benzene rings is 2. The predicted molar refractivity (Wildman–Crippen MR) is 101 cm³/mol. The van der Waals surface area contributed by atoms with Crippen molar-refractivity contribution in [2.24, 2.45) is 5.73 Å². The second kappa shape index (κ2) is 7.68. The number of para-hydroxylation sites is 1. The van der Waals surface area contributed by atoms with Gasteiger partial charge in [-0.3, -0.25) is 14.2 Å². The van der Waals surface area contributed by atoms with Gasteiger partial charge in [0.05, 0.1) is 10.9 Å². The molecule has 3 rings (SSSR count). The van der Waals surface area contributed by atoms with Gasteiger partial charge in [0.25, 0.3) is 5.56 Å². The summed E-state index contributed by atoms with van der Waals surface area (Å²) in [4.78, 5) is 28.7. The predicted octanol–water partition coefficient (Wildman–Crippen LogP) is 1.36. The molecule has 7 heteroatoms. The number of primary amides is 1. The first-order chi connectivity index (χ1) is 12.5. The number of nitrogens with zero attached hydrogens (tertiary/aromatic N) is 2. The van der Waals surface area contributed by atoms with Gasteiger partial charge in [-0.15, -0.1) is 0 Å². The molecular formula is C19H20ClN4O2+. The van der Waals surface area contributed by atoms with Gasteiger partial charge in [-0.05, 0) is 31.2 Å². The summed E-state index contributed by atoms with van der Waals surface area (Å²) in [6.45, 7) is 2.31. The van der Waals surface area contributed by atoms with Gasteiger partial charge >= 0.3 is 0 Å². The van der Waals surface area contributed by atoms with Crippen molar-refractivity contribution in [1.82, 2.24) is 9.55 Å². The molecule has 0 radical (unpaired) electrons. The smallest absolute Gasteiger partial charge is 0.262 e. The highest BCUT2D eigenvalue weighted by molar-refractivity contribution is 6.30. The minimum atomic E-state index is -0.573. The Labute approximate surface area is 155 Å². The lowest BCUT2D eigenvalue weighted by Crippen LogP contribution is -2.83. The van der Waals surface area contributed by atoms with Crippen LogP contribution in [0.3, 0.4) is 0 Å². The highest BCUT2D eigenvalue weighted by Crippen LogP contribution is 2.14. The zero-order valence-corrected chi connectivity index (χ0v) is 15.1. The molecule has 0 aliphatic rings. The zero-order chi connectivity index (χ0) is 18.7. The van der Waals surface area contributed by atoms with E-state index in [-0.39, 0.29) is 18.1 Å². The molecule has 0 fully saturated rings. The van der Waals surface area contributed by atoms with Gasteiger partial charge in [-0.1, -0.05) is 35.9 Å². The molecule has 1 atom stereocenters. The molecule has 0 unspecified atom stereocenters. The highest BCUT2D eigenvalue weighted by atomic mass is 35.5. The van der Waals surface area contributed by atoms with Crippen molar-refractivity contribution < 1.29 is 10.1 Å². The molecule has 4 N–H and O–H groups in total. The van der Waals surface area contributed by atoms with Crippen LogP contribution >= 0.6 is 11.6 Å². The van der Waals surface area contributed by atoms with Crippen molar-refractivity contribution in [3.8, 4) is 0 Å². The molecule has 1 aromatic heterocycles. The average molecular weight is 372 g/mol. The maximum atomic E-state index is 12.7. The van der Waals surface area contributed by atoms with Crippen molar-refractivity contribution in [1.29, 1.82) is 0 Å². The van der Waals surface area contributed by atoms with Crippen molar-refractivity contribution in [3.05, 3.63) is 75.3 Å². The van der Waals surface area contributed by atoms with Crippen LogP contribution in [0.4, 0.5) is 0 Å². The molecule has 1 amide bonds. The fraction of sp³-hybridized carbons (Fsp3) is 0.211. The third kappa shape index (κ3) is 3.92. The molecule has 0 spiro atoms. The van der Waals surface area contributed by atoms with Gasteiger partial charge in [-0.25, -0.2) is 4.98 Å². The van der Waals surface area contributed by atoms with E-state index in [0.717, 1.165) is 5.56 Å². The van der Waals surface area contributed by atoms with Gasteiger partial charge in [0.2, 0.25) is 5.91 Å². The number of halogens is 1. The summed E-state index contributed by atoms with van der Waals surface area (Å²) in [6.07, 6.45) is 0. The van der Waals surface area contributed by atoms with Gasteiger partial charge in [-0.2, -0.15) is 0 Å². The molecule has 3 aromatic rings. The first-order valence-corrected chi connectivity index (χ1v) is 8.69. The Morgan fingerprint density at radius 1 is 1.23 bits per heavy atom. The van der Waals surface area contributed by atoms with Crippen LogP contribution in [0.1, 0.15) is 24.4 Å². The van der Waals surface area contributed by atoms with Gasteiger partial charge in [0.15, 0.2) is 5.82 Å². The number of hydrogen-bond acceptors (Lipinski definition) is 3. The standard InChI is InChI=1S/C19H19ClN4O2/c1-12(13-6-8-14(20)9-7-13)22-10-18-23-16-5-3-2-4-15(16)19(26)24(18)11-17(21)25/h2-9,12,22H,10-11H2,1H3,(H2,21,25)/p+1/t12-/m0/s1. The molecule has 1 heterocycles. The zero-order valence-electron chi connectivity index (χ0n) is 14.4. The summed E-state index contributed by atoms with van der Waals surface area (Å²) in [5.41, 5.74) is 6.79. The van der Waals surface area contributed by atoms with Crippen molar-refractivity contribution in [2.45, 2.75) is 26.1 Å². The molecule has 6 nitrogen and oxygen atoms in total. The Morgan fingerprint density at radius 2 is 1.92 bits per heavy atom. The molecule has 134 valence electrons. The van der Waals surface area contributed by atoms with Crippen LogP contribution in [-0.4, -0.2) is 15.5 Å². The fourth-order valence-electron chi connectivity index (χ4n) is 2.87. The lowest BCUT2D eigenvalue weighted by Gasteiger charge is -2.14. The van der Waals surface area contributed by atoms with Crippen molar-refractivity contribution in [2.75, 3.05) is 0 Å². The van der Waals surface area contributed by atoms with Crippen LogP contribution in [0.5, 0.6) is 0 Å². The molecule has 0 aliphatic carbocycles. The van der Waals surface area contributed by atoms with E-state index >= 15 is 0 Å². The Balaban J connectivity index is 1.91. The summed E-state index contributed by atoms with van der Waals surface area (Å²) in [5, 5.41) is 3.22. The summed E-state index contributed by atoms with van der Waals surface area (Å²) in [7, 11) is 0. The van der Waals surface area contributed by atoms with E-state index in [0.29, 0.717) is 28.3 Å². The van der Waals surface area contributed by atoms with Crippen LogP contribution < -0.4 is 16.6 Å². The molecule has 0 bridgehead atoms. The van der Waals surface area contributed by atoms with Gasteiger partial charge < -0.3 is 11.1 Å². The molecule has 0 aliphatic heterocycles. The summed E-state index contributed by atoms with van der Waals surface area (Å²) >= 11 is 5.93. The number of carbonyl (C=O) groups is 1. The van der Waals surface area contributed by atoms with E-state index < -0.39 is 5.91 Å². The SMILES string of the molecule is C[C@H]([NH2+]Cc1nc2ccccc2c(=O)n1CC(N)=O)c1ccc(Cl)cc1. The normalized spacial score (nSPS) is 12.2. The van der Waals surface area contributed by atoms with E-state index in [1.807, 2.05) is 30.3 Å². The number of rotatable bonds is 6. The van der Waals surface area contributed by atoms with E-state index in [1.165, 1.54) is 4.57 Å². The summed E-state index contributed by atoms with van der Waals surface area (Å²) in [5.74, 6) is -0.0514. The number of nitrogens with two attached hydrogens (primary N) is 2. The van der Waals surface area contributed by atoms with E-state index in [9.17, 15) is 9.59 Å². The summed E-state index contributed by atoms with van der Waals surface area (Å²) < 4.78 is 1.36. The molecule has 0 saturated carbocycles. The number of quaternary nitrogens is 1. The molecule has 2 aromatic carbocycles. The summed E-state index contributed by atoms with van der Waals surface area (Å²) in [6, 6.07) is 14.9. The van der Waals surface area contributed by atoms with Gasteiger partial charge in [0.1, 0.15) is 19.1 Å². The van der Waals surface area contributed by atoms with Gasteiger partial charge in [0, 0.05) is 10.6 Å². The van der Waals surface area contributed by atoms with Crippen molar-refractivity contribution in [3.63, 3.8) is 0 Å². The maximum absolute atomic E-state index is 12.7. The van der Waals surface area contributed by atoms with Crippen LogP contribution in [0.25, 0.3) is 10.9 Å². The second-order valence-electron chi connectivity index (χ2n) is 6.18. The maximum Gasteiger partial charge on any atom is 0.262 e. The first kappa shape index (κ1) is 18.1. The minimum absolute atomic E-state index is 0.137. The Morgan fingerprint density at radius 3 is 2.62 bits per heavy atom. The second-order valence-corrected chi connectivity index (χ2v) is 6.62. The third-order valence-electron chi connectivity index (χ3n) is 4.30. The monoisotopic (exact) mass is 371 g/mol. The lowest BCUT2D eigenvalue weighted by molar-refractivity contribution is -0.709. The van der Waals surface area contributed by atoms with E-state index in [4.69, 9.17) is 17.3 Å². The third-order valence-corrected chi connectivity index (χ3v) is 4.56. The number of hydrogen-bond donors (Lipinski definition) is 2. The average Bonchev–Trinajstić information content (AvgIpc) is 2.63. The number of aromatic nitrogens is 2. The lowest BCUT2D eigenvalue weighted by atomic mass is 10.1.